The van der Waals surface area contributed by atoms with Crippen molar-refractivity contribution in [3.8, 4) is 0 Å². The fourth-order valence-electron chi connectivity index (χ4n) is 3.10. The Bertz CT molecular complexity index is 937. The molecule has 1 atom stereocenters. The Morgan fingerprint density at radius 1 is 0.964 bits per heavy atom. The maximum Gasteiger partial charge on any atom is 0.227 e. The van der Waals surface area contributed by atoms with Gasteiger partial charge in [-0.15, -0.1) is 11.3 Å². The van der Waals surface area contributed by atoms with Crippen LogP contribution in [0, 0.1) is 17.6 Å². The summed E-state index contributed by atoms with van der Waals surface area (Å²) in [5, 5.41) is 5.13. The smallest absolute Gasteiger partial charge is 0.227 e. The minimum Gasteiger partial charge on any atom is -0.475 e. The summed E-state index contributed by atoms with van der Waals surface area (Å²) in [6, 6.07) is 15.3. The lowest BCUT2D eigenvalue weighted by Gasteiger charge is -2.19. The van der Waals surface area contributed by atoms with Crippen molar-refractivity contribution in [2.45, 2.75) is 19.9 Å². The fraction of sp³-hybridized carbons (Fsp3) is 0.227. The van der Waals surface area contributed by atoms with Crippen molar-refractivity contribution in [2.24, 2.45) is 10.9 Å². The first-order valence-corrected chi connectivity index (χ1v) is 11.3. The molecule has 2 heterocycles. The predicted molar refractivity (Wildman–Crippen MR) is 114 cm³/mol. The van der Waals surface area contributed by atoms with Crippen LogP contribution in [0.15, 0.2) is 65.0 Å². The SMILES string of the molecule is CC(C)[C@H]1COC(c2sccc2P(c2ccc(F)cc2)c2ccc(F)cc2)=N1. The van der Waals surface area contributed by atoms with Gasteiger partial charge in [0, 0.05) is 5.30 Å². The monoisotopic (exact) mass is 415 g/mol. The van der Waals surface area contributed by atoms with Gasteiger partial charge < -0.3 is 4.74 Å². The van der Waals surface area contributed by atoms with Crippen molar-refractivity contribution in [2.75, 3.05) is 6.61 Å². The summed E-state index contributed by atoms with van der Waals surface area (Å²) in [6.45, 7) is 4.87. The molecule has 3 aromatic rings. The summed E-state index contributed by atoms with van der Waals surface area (Å²) in [4.78, 5) is 5.79. The molecule has 0 fully saturated rings. The van der Waals surface area contributed by atoms with Crippen molar-refractivity contribution in [1.29, 1.82) is 0 Å². The third kappa shape index (κ3) is 3.87. The lowest BCUT2D eigenvalue weighted by atomic mass is 10.1. The molecule has 0 N–H and O–H groups in total. The van der Waals surface area contributed by atoms with Crippen LogP contribution in [0.3, 0.4) is 0 Å². The van der Waals surface area contributed by atoms with Crippen LogP contribution in [0.1, 0.15) is 18.7 Å². The van der Waals surface area contributed by atoms with Crippen molar-refractivity contribution >= 4 is 41.1 Å². The standard InChI is InChI=1S/C22H20F2NOPS/c1-14(2)19-13-26-22(25-19)21-20(11-12-28-21)27(17-7-3-15(23)4-8-17)18-9-5-16(24)6-10-18/h3-12,14,19H,13H2,1-2H3/t19-/m1/s1. The molecule has 0 amide bonds. The van der Waals surface area contributed by atoms with Crippen LogP contribution < -0.4 is 15.9 Å². The maximum absolute atomic E-state index is 13.5. The van der Waals surface area contributed by atoms with Crippen molar-refractivity contribution in [3.05, 3.63) is 76.5 Å². The summed E-state index contributed by atoms with van der Waals surface area (Å²) in [5.74, 6) is 0.551. The van der Waals surface area contributed by atoms with Gasteiger partial charge in [0.15, 0.2) is 0 Å². The largest absolute Gasteiger partial charge is 0.475 e. The second kappa shape index (κ2) is 8.10. The van der Waals surface area contributed by atoms with Crippen LogP contribution in [0.2, 0.25) is 0 Å². The molecular formula is C22H20F2NOPS. The fourth-order valence-corrected chi connectivity index (χ4v) is 6.65. The van der Waals surface area contributed by atoms with E-state index in [2.05, 4.69) is 19.9 Å². The average Bonchev–Trinajstić information content (AvgIpc) is 3.34. The van der Waals surface area contributed by atoms with Crippen molar-refractivity contribution in [1.82, 2.24) is 0 Å². The lowest BCUT2D eigenvalue weighted by molar-refractivity contribution is 0.292. The molecule has 1 aliphatic rings. The summed E-state index contributed by atoms with van der Waals surface area (Å²) in [5.41, 5.74) is 0. The lowest BCUT2D eigenvalue weighted by Crippen LogP contribution is -2.23. The first-order valence-electron chi connectivity index (χ1n) is 9.12. The first-order chi connectivity index (χ1) is 13.5. The molecule has 144 valence electrons. The number of hydrogen-bond acceptors (Lipinski definition) is 3. The van der Waals surface area contributed by atoms with E-state index in [1.54, 1.807) is 35.6 Å². The van der Waals surface area contributed by atoms with Crippen LogP contribution in [0.25, 0.3) is 0 Å². The zero-order valence-corrected chi connectivity index (χ0v) is 17.3. The molecule has 0 unspecified atom stereocenters. The highest BCUT2D eigenvalue weighted by atomic mass is 32.1. The van der Waals surface area contributed by atoms with E-state index < -0.39 is 7.92 Å². The number of hydrogen-bond donors (Lipinski definition) is 0. The van der Waals surface area contributed by atoms with Crippen LogP contribution >= 0.6 is 19.3 Å². The van der Waals surface area contributed by atoms with E-state index in [0.29, 0.717) is 18.4 Å². The number of thiophene rings is 1. The Morgan fingerprint density at radius 2 is 1.54 bits per heavy atom. The van der Waals surface area contributed by atoms with Crippen LogP contribution in [0.5, 0.6) is 0 Å². The minimum atomic E-state index is -0.984. The van der Waals surface area contributed by atoms with Crippen molar-refractivity contribution < 1.29 is 13.5 Å². The third-order valence-corrected chi connectivity index (χ3v) is 8.23. The Balaban J connectivity index is 1.80. The number of benzene rings is 2. The van der Waals surface area contributed by atoms with Gasteiger partial charge in [-0.3, -0.25) is 0 Å². The molecule has 1 aliphatic heterocycles. The second-order valence-corrected chi connectivity index (χ2v) is 10.1. The molecule has 2 nitrogen and oxygen atoms in total. The number of ether oxygens (including phenoxy) is 1. The molecule has 1 aromatic heterocycles. The second-order valence-electron chi connectivity index (χ2n) is 6.98. The molecule has 28 heavy (non-hydrogen) atoms. The number of nitrogens with zero attached hydrogens (tertiary/aromatic N) is 1. The topological polar surface area (TPSA) is 21.6 Å². The Kier molecular flexibility index (Phi) is 5.56. The zero-order valence-electron chi connectivity index (χ0n) is 15.6. The zero-order chi connectivity index (χ0) is 19.7. The number of halogens is 2. The average molecular weight is 415 g/mol. The molecule has 0 bridgehead atoms. The highest BCUT2D eigenvalue weighted by Crippen LogP contribution is 2.37. The van der Waals surface area contributed by atoms with E-state index >= 15 is 0 Å². The Labute approximate surface area is 168 Å². The van der Waals surface area contributed by atoms with Crippen molar-refractivity contribution in [3.63, 3.8) is 0 Å². The van der Waals surface area contributed by atoms with E-state index in [1.165, 1.54) is 24.3 Å². The molecule has 0 radical (unpaired) electrons. The molecule has 0 spiro atoms. The molecule has 2 aromatic carbocycles. The predicted octanol–water partition coefficient (Wildman–Crippen LogP) is 4.59. The molecule has 0 aliphatic carbocycles. The number of aliphatic imine (C=N–C) groups is 1. The van der Waals surface area contributed by atoms with E-state index in [-0.39, 0.29) is 17.7 Å². The Hall–Kier alpha value is -2.10. The van der Waals surface area contributed by atoms with E-state index in [1.807, 2.05) is 5.38 Å². The summed E-state index contributed by atoms with van der Waals surface area (Å²) in [6.07, 6.45) is 0. The van der Waals surface area contributed by atoms with E-state index in [0.717, 1.165) is 20.8 Å². The van der Waals surface area contributed by atoms with Gasteiger partial charge in [-0.05, 0) is 60.2 Å². The van der Waals surface area contributed by atoms with Crippen LogP contribution in [-0.4, -0.2) is 18.5 Å². The highest BCUT2D eigenvalue weighted by Gasteiger charge is 2.28. The van der Waals surface area contributed by atoms with Gasteiger partial charge in [0.05, 0.1) is 10.9 Å². The van der Waals surface area contributed by atoms with Gasteiger partial charge in [0.1, 0.15) is 18.2 Å². The quantitative estimate of drug-likeness (QED) is 0.559. The molecular weight excluding hydrogens is 395 g/mol. The normalized spacial score (nSPS) is 16.5. The van der Waals surface area contributed by atoms with Crippen LogP contribution in [-0.2, 0) is 4.74 Å². The van der Waals surface area contributed by atoms with E-state index in [4.69, 9.17) is 9.73 Å². The van der Waals surface area contributed by atoms with Gasteiger partial charge in [0.2, 0.25) is 5.90 Å². The third-order valence-electron chi connectivity index (χ3n) is 4.69. The molecule has 4 rings (SSSR count). The van der Waals surface area contributed by atoms with Crippen LogP contribution in [0.4, 0.5) is 8.78 Å². The van der Waals surface area contributed by atoms with Gasteiger partial charge in [0.25, 0.3) is 0 Å². The maximum atomic E-state index is 13.5. The molecule has 0 saturated carbocycles. The summed E-state index contributed by atoms with van der Waals surface area (Å²) >= 11 is 1.60. The Morgan fingerprint density at radius 3 is 2.04 bits per heavy atom. The van der Waals surface area contributed by atoms with Gasteiger partial charge in [-0.25, -0.2) is 13.8 Å². The van der Waals surface area contributed by atoms with E-state index in [9.17, 15) is 8.78 Å². The summed E-state index contributed by atoms with van der Waals surface area (Å²) in [7, 11) is -0.984. The van der Waals surface area contributed by atoms with Gasteiger partial charge in [-0.1, -0.05) is 38.1 Å². The first kappa shape index (κ1) is 19.2. The highest BCUT2D eigenvalue weighted by molar-refractivity contribution is 7.80. The van der Waals surface area contributed by atoms with Gasteiger partial charge in [-0.2, -0.15) is 0 Å². The van der Waals surface area contributed by atoms with Gasteiger partial charge >= 0.3 is 0 Å². The summed E-state index contributed by atoms with van der Waals surface area (Å²) < 4.78 is 32.9. The molecule has 0 saturated heterocycles. The number of rotatable bonds is 5. The molecule has 6 heteroatoms. The minimum absolute atomic E-state index is 0.160.